The Balaban J connectivity index is 1.64. The predicted molar refractivity (Wildman–Crippen MR) is 112 cm³/mol. The summed E-state index contributed by atoms with van der Waals surface area (Å²) in [4.78, 5) is 24.2. The molecule has 0 aliphatic carbocycles. The van der Waals surface area contributed by atoms with E-state index >= 15 is 0 Å². The number of amides is 2. The normalized spacial score (nSPS) is 11.0. The summed E-state index contributed by atoms with van der Waals surface area (Å²) in [6.45, 7) is 0. The van der Waals surface area contributed by atoms with Crippen LogP contribution in [0.4, 0.5) is 10.1 Å². The number of aryl methyl sites for hydroxylation is 1. The molecule has 8 nitrogen and oxygen atoms in total. The van der Waals surface area contributed by atoms with E-state index in [1.165, 1.54) is 36.4 Å². The van der Waals surface area contributed by atoms with Crippen LogP contribution in [0.15, 0.2) is 70.2 Å². The van der Waals surface area contributed by atoms with Gasteiger partial charge in [-0.1, -0.05) is 0 Å². The van der Waals surface area contributed by atoms with Crippen LogP contribution in [0.2, 0.25) is 0 Å². The molecule has 1 aromatic heterocycles. The Kier molecular flexibility index (Phi) is 6.22. The molecule has 0 aliphatic heterocycles. The van der Waals surface area contributed by atoms with Gasteiger partial charge in [0.1, 0.15) is 11.5 Å². The Hall–Kier alpha value is -3.18. The number of sulfonamides is 1. The molecule has 0 saturated heterocycles. The van der Waals surface area contributed by atoms with Crippen molar-refractivity contribution in [3.63, 3.8) is 0 Å². The van der Waals surface area contributed by atoms with Gasteiger partial charge in [-0.05, 0) is 70.5 Å². The molecule has 0 bridgehead atoms. The smallest absolute Gasteiger partial charge is 0.286 e. The number of anilines is 1. The lowest BCUT2D eigenvalue weighted by molar-refractivity contribution is 0.0842. The average molecular weight is 495 g/mol. The summed E-state index contributed by atoms with van der Waals surface area (Å²) in [5.41, 5.74) is 5.24. The summed E-state index contributed by atoms with van der Waals surface area (Å²) in [7, 11) is -2.23. The molecule has 3 aromatic rings. The van der Waals surface area contributed by atoms with Crippen molar-refractivity contribution in [3.8, 4) is 0 Å². The third-order valence-electron chi connectivity index (χ3n) is 4.02. The number of nitrogens with one attached hydrogen (secondary N) is 3. The van der Waals surface area contributed by atoms with E-state index in [9.17, 15) is 22.4 Å². The monoisotopic (exact) mass is 494 g/mol. The molecule has 2 aromatic carbocycles. The van der Waals surface area contributed by atoms with Crippen LogP contribution < -0.4 is 15.6 Å². The van der Waals surface area contributed by atoms with E-state index in [1.807, 2.05) is 0 Å². The first-order chi connectivity index (χ1) is 14.2. The van der Waals surface area contributed by atoms with Gasteiger partial charge in [-0.3, -0.25) is 25.2 Å². The van der Waals surface area contributed by atoms with Gasteiger partial charge in [0.25, 0.3) is 21.8 Å². The van der Waals surface area contributed by atoms with Gasteiger partial charge in [-0.15, -0.1) is 0 Å². The number of carbonyl (C=O) groups excluding carboxylic acids is 2. The van der Waals surface area contributed by atoms with E-state index in [1.54, 1.807) is 23.9 Å². The fourth-order valence-corrected chi connectivity index (χ4v) is 4.10. The molecular formula is C19H16BrFN4O4S. The highest BCUT2D eigenvalue weighted by molar-refractivity contribution is 9.10. The summed E-state index contributed by atoms with van der Waals surface area (Å²) >= 11 is 3.26. The van der Waals surface area contributed by atoms with E-state index in [0.717, 1.165) is 12.1 Å². The predicted octanol–water partition coefficient (Wildman–Crippen LogP) is 2.80. The van der Waals surface area contributed by atoms with Crippen LogP contribution in [-0.2, 0) is 17.1 Å². The maximum absolute atomic E-state index is 12.9. The zero-order chi connectivity index (χ0) is 21.9. The Labute approximate surface area is 180 Å². The molecular weight excluding hydrogens is 479 g/mol. The number of rotatable bonds is 5. The van der Waals surface area contributed by atoms with E-state index < -0.39 is 27.7 Å². The summed E-state index contributed by atoms with van der Waals surface area (Å²) in [5.74, 6) is -1.62. The quantitative estimate of drug-likeness (QED) is 0.473. The number of benzene rings is 2. The molecule has 0 saturated carbocycles. The molecule has 30 heavy (non-hydrogen) atoms. The first-order valence-electron chi connectivity index (χ1n) is 8.47. The molecule has 3 N–H and O–H groups in total. The van der Waals surface area contributed by atoms with Crippen molar-refractivity contribution < 1.29 is 22.4 Å². The van der Waals surface area contributed by atoms with Crippen molar-refractivity contribution in [1.82, 2.24) is 15.4 Å². The first-order valence-corrected chi connectivity index (χ1v) is 10.7. The largest absolute Gasteiger partial charge is 0.345 e. The lowest BCUT2D eigenvalue weighted by Gasteiger charge is -2.10. The summed E-state index contributed by atoms with van der Waals surface area (Å²) in [5, 5.41) is 0. The topological polar surface area (TPSA) is 109 Å². The lowest BCUT2D eigenvalue weighted by atomic mass is 10.2. The molecule has 0 aliphatic rings. The summed E-state index contributed by atoms with van der Waals surface area (Å²) < 4.78 is 42.4. The van der Waals surface area contributed by atoms with Crippen LogP contribution in [0.25, 0.3) is 0 Å². The highest BCUT2D eigenvalue weighted by Gasteiger charge is 2.16. The van der Waals surface area contributed by atoms with Crippen LogP contribution in [0, 0.1) is 5.82 Å². The van der Waals surface area contributed by atoms with Gasteiger partial charge in [0.15, 0.2) is 0 Å². The Bertz CT molecular complexity index is 1190. The van der Waals surface area contributed by atoms with Gasteiger partial charge in [-0.2, -0.15) is 0 Å². The minimum atomic E-state index is -3.91. The van der Waals surface area contributed by atoms with E-state index in [4.69, 9.17) is 0 Å². The molecule has 0 radical (unpaired) electrons. The third kappa shape index (κ3) is 5.05. The molecule has 2 amide bonds. The number of aromatic nitrogens is 1. The van der Waals surface area contributed by atoms with Crippen molar-refractivity contribution in [1.29, 1.82) is 0 Å². The number of halogens is 2. The van der Waals surface area contributed by atoms with Gasteiger partial charge < -0.3 is 4.57 Å². The zero-order valence-electron chi connectivity index (χ0n) is 15.5. The number of hydrazine groups is 1. The fourth-order valence-electron chi connectivity index (χ4n) is 2.52. The number of nitrogens with zero attached hydrogens (tertiary/aromatic N) is 1. The highest BCUT2D eigenvalue weighted by atomic mass is 79.9. The van der Waals surface area contributed by atoms with Gasteiger partial charge in [0, 0.05) is 29.0 Å². The Morgan fingerprint density at radius 1 is 0.967 bits per heavy atom. The van der Waals surface area contributed by atoms with E-state index in [-0.39, 0.29) is 16.1 Å². The fraction of sp³-hybridized carbons (Fsp3) is 0.0526. The minimum absolute atomic E-state index is 0.0823. The molecule has 3 rings (SSSR count). The van der Waals surface area contributed by atoms with Gasteiger partial charge in [0.2, 0.25) is 0 Å². The van der Waals surface area contributed by atoms with Crippen LogP contribution in [-0.4, -0.2) is 24.8 Å². The SMILES string of the molecule is Cn1cc(Br)cc1C(=O)NNC(=O)c1ccc(S(=O)(=O)Nc2ccc(F)cc2)cc1. The Morgan fingerprint density at radius 3 is 2.13 bits per heavy atom. The lowest BCUT2D eigenvalue weighted by Crippen LogP contribution is -2.42. The zero-order valence-corrected chi connectivity index (χ0v) is 17.9. The van der Waals surface area contributed by atoms with Crippen molar-refractivity contribution in [2.75, 3.05) is 4.72 Å². The maximum Gasteiger partial charge on any atom is 0.286 e. The number of carbonyl (C=O) groups is 2. The second-order valence-electron chi connectivity index (χ2n) is 6.20. The molecule has 1 heterocycles. The van der Waals surface area contributed by atoms with E-state index in [2.05, 4.69) is 31.5 Å². The van der Waals surface area contributed by atoms with Gasteiger partial charge in [0.05, 0.1) is 4.90 Å². The van der Waals surface area contributed by atoms with Gasteiger partial charge >= 0.3 is 0 Å². The average Bonchev–Trinajstić information content (AvgIpc) is 3.05. The molecule has 0 atom stereocenters. The standard InChI is InChI=1S/C19H16BrFN4O4S/c1-25-11-13(20)10-17(25)19(27)23-22-18(26)12-2-8-16(9-3-12)30(28,29)24-15-6-4-14(21)5-7-15/h2-11,24H,1H3,(H,22,26)(H,23,27). The molecule has 0 spiro atoms. The highest BCUT2D eigenvalue weighted by Crippen LogP contribution is 2.17. The number of hydrogen-bond donors (Lipinski definition) is 3. The molecule has 156 valence electrons. The van der Waals surface area contributed by atoms with Crippen LogP contribution in [0.3, 0.4) is 0 Å². The van der Waals surface area contributed by atoms with Crippen LogP contribution in [0.1, 0.15) is 20.8 Å². The van der Waals surface area contributed by atoms with Crippen LogP contribution >= 0.6 is 15.9 Å². The van der Waals surface area contributed by atoms with Crippen molar-refractivity contribution >= 4 is 43.5 Å². The van der Waals surface area contributed by atoms with Crippen molar-refractivity contribution in [2.45, 2.75) is 4.90 Å². The minimum Gasteiger partial charge on any atom is -0.345 e. The Morgan fingerprint density at radius 2 is 1.57 bits per heavy atom. The maximum atomic E-state index is 12.9. The first kappa shape index (κ1) is 21.5. The second-order valence-corrected chi connectivity index (χ2v) is 8.80. The summed E-state index contributed by atoms with van der Waals surface area (Å²) in [6.07, 6.45) is 1.69. The molecule has 0 fully saturated rings. The van der Waals surface area contributed by atoms with Crippen molar-refractivity contribution in [3.05, 3.63) is 82.3 Å². The number of hydrogen-bond acceptors (Lipinski definition) is 4. The van der Waals surface area contributed by atoms with Gasteiger partial charge in [-0.25, -0.2) is 12.8 Å². The van der Waals surface area contributed by atoms with E-state index in [0.29, 0.717) is 10.2 Å². The second kappa shape index (κ2) is 8.67. The van der Waals surface area contributed by atoms with Crippen LogP contribution in [0.5, 0.6) is 0 Å². The molecule has 11 heteroatoms. The third-order valence-corrected chi connectivity index (χ3v) is 5.85. The summed E-state index contributed by atoms with van der Waals surface area (Å²) in [6, 6.07) is 11.6. The molecule has 0 unspecified atom stereocenters. The van der Waals surface area contributed by atoms with Crippen molar-refractivity contribution in [2.24, 2.45) is 7.05 Å².